The summed E-state index contributed by atoms with van der Waals surface area (Å²) >= 11 is 0. The van der Waals surface area contributed by atoms with E-state index < -0.39 is 17.4 Å². The molecule has 0 radical (unpaired) electrons. The van der Waals surface area contributed by atoms with E-state index in [1.165, 1.54) is 15.8 Å². The number of carbonyl (C=O) groups is 2. The number of nitrogens with two attached hydrogens (primary N) is 1. The van der Waals surface area contributed by atoms with Crippen molar-refractivity contribution in [2.24, 2.45) is 5.73 Å². The molecule has 2 aromatic rings. The Morgan fingerprint density at radius 1 is 1.44 bits per heavy atom. The van der Waals surface area contributed by atoms with Crippen molar-refractivity contribution < 1.29 is 14.7 Å². The molecule has 0 bridgehead atoms. The lowest BCUT2D eigenvalue weighted by Gasteiger charge is -2.13. The average molecular weight is 339 g/mol. The van der Waals surface area contributed by atoms with Crippen LogP contribution < -0.4 is 5.73 Å². The normalized spacial score (nSPS) is 19.6. The highest BCUT2D eigenvalue weighted by atomic mass is 16.3. The SMILES string of the molecule is Cc1cc(C(N)=O)nn1-c1cc(C#CC2(O)CCN(C)C2=O)ccn1. The summed E-state index contributed by atoms with van der Waals surface area (Å²) in [6.45, 7) is 2.24. The number of hydrogen-bond donors (Lipinski definition) is 2. The Morgan fingerprint density at radius 2 is 2.20 bits per heavy atom. The van der Waals surface area contributed by atoms with E-state index in [1.807, 2.05) is 0 Å². The van der Waals surface area contributed by atoms with E-state index in [9.17, 15) is 14.7 Å². The summed E-state index contributed by atoms with van der Waals surface area (Å²) in [7, 11) is 1.63. The zero-order valence-corrected chi connectivity index (χ0v) is 13.9. The number of pyridine rings is 1. The highest BCUT2D eigenvalue weighted by molar-refractivity contribution is 5.91. The van der Waals surface area contributed by atoms with Crippen LogP contribution in [-0.4, -0.2) is 55.8 Å². The lowest BCUT2D eigenvalue weighted by atomic mass is 10.0. The smallest absolute Gasteiger partial charge is 0.269 e. The van der Waals surface area contributed by atoms with Crippen molar-refractivity contribution in [1.82, 2.24) is 19.7 Å². The molecule has 1 saturated heterocycles. The van der Waals surface area contributed by atoms with Gasteiger partial charge >= 0.3 is 0 Å². The highest BCUT2D eigenvalue weighted by Gasteiger charge is 2.42. The minimum atomic E-state index is -1.65. The molecule has 8 heteroatoms. The number of likely N-dealkylation sites (tertiary alicyclic amines) is 1. The van der Waals surface area contributed by atoms with Crippen LogP contribution in [0.2, 0.25) is 0 Å². The molecule has 0 saturated carbocycles. The fraction of sp³-hybridized carbons (Fsp3) is 0.294. The van der Waals surface area contributed by atoms with Crippen LogP contribution in [-0.2, 0) is 4.79 Å². The number of likely N-dealkylation sites (N-methyl/N-ethyl adjacent to an activating group) is 1. The van der Waals surface area contributed by atoms with E-state index in [0.717, 1.165) is 0 Å². The predicted molar refractivity (Wildman–Crippen MR) is 88.7 cm³/mol. The number of hydrogen-bond acceptors (Lipinski definition) is 5. The van der Waals surface area contributed by atoms with Crippen LogP contribution in [0.5, 0.6) is 0 Å². The Balaban J connectivity index is 1.93. The highest BCUT2D eigenvalue weighted by Crippen LogP contribution is 2.21. The molecular weight excluding hydrogens is 322 g/mol. The standard InChI is InChI=1S/C17H17N5O3/c1-11-9-13(15(18)23)20-22(11)14-10-12(4-7-19-14)3-5-17(25)6-8-21(2)16(17)24/h4,7,9-10,25H,6,8H2,1-2H3,(H2,18,23). The molecule has 1 fully saturated rings. The molecule has 0 aromatic carbocycles. The minimum Gasteiger partial charge on any atom is -0.369 e. The van der Waals surface area contributed by atoms with E-state index in [2.05, 4.69) is 21.9 Å². The Morgan fingerprint density at radius 3 is 2.80 bits per heavy atom. The molecule has 2 aromatic heterocycles. The van der Waals surface area contributed by atoms with Gasteiger partial charge in [0.25, 0.3) is 11.8 Å². The molecule has 25 heavy (non-hydrogen) atoms. The monoisotopic (exact) mass is 339 g/mol. The second kappa shape index (κ2) is 6.03. The van der Waals surface area contributed by atoms with Gasteiger partial charge in [-0.3, -0.25) is 9.59 Å². The topological polar surface area (TPSA) is 114 Å². The lowest BCUT2D eigenvalue weighted by molar-refractivity contribution is -0.137. The van der Waals surface area contributed by atoms with Crippen LogP contribution in [0.1, 0.15) is 28.2 Å². The molecule has 1 aliphatic rings. The average Bonchev–Trinajstić information content (AvgIpc) is 3.10. The fourth-order valence-electron chi connectivity index (χ4n) is 2.58. The van der Waals surface area contributed by atoms with Crippen molar-refractivity contribution in [3.63, 3.8) is 0 Å². The zero-order chi connectivity index (χ0) is 18.2. The molecule has 1 unspecified atom stereocenters. The largest absolute Gasteiger partial charge is 0.369 e. The van der Waals surface area contributed by atoms with Crippen molar-refractivity contribution in [1.29, 1.82) is 0 Å². The van der Waals surface area contributed by atoms with E-state index >= 15 is 0 Å². The second-order valence-corrected chi connectivity index (χ2v) is 5.94. The summed E-state index contributed by atoms with van der Waals surface area (Å²) < 4.78 is 1.48. The maximum atomic E-state index is 12.0. The molecule has 3 N–H and O–H groups in total. The summed E-state index contributed by atoms with van der Waals surface area (Å²) in [6, 6.07) is 4.89. The van der Waals surface area contributed by atoms with Gasteiger partial charge in [0.15, 0.2) is 11.5 Å². The Labute approximate surface area is 144 Å². The summed E-state index contributed by atoms with van der Waals surface area (Å²) in [5.41, 5.74) is 4.99. The maximum absolute atomic E-state index is 12.0. The van der Waals surface area contributed by atoms with Crippen LogP contribution in [0.4, 0.5) is 0 Å². The van der Waals surface area contributed by atoms with E-state index in [-0.39, 0.29) is 12.1 Å². The van der Waals surface area contributed by atoms with Crippen molar-refractivity contribution in [3.8, 4) is 17.7 Å². The first-order valence-corrected chi connectivity index (χ1v) is 7.64. The molecule has 3 rings (SSSR count). The Hall–Kier alpha value is -3.18. The molecule has 0 spiro atoms. The van der Waals surface area contributed by atoms with Crippen LogP contribution in [0.15, 0.2) is 24.4 Å². The third-order valence-corrected chi connectivity index (χ3v) is 4.03. The van der Waals surface area contributed by atoms with Gasteiger partial charge in [-0.15, -0.1) is 0 Å². The first-order chi connectivity index (χ1) is 11.8. The number of aryl methyl sites for hydroxylation is 1. The van der Waals surface area contributed by atoms with Crippen molar-refractivity contribution in [3.05, 3.63) is 41.3 Å². The summed E-state index contributed by atoms with van der Waals surface area (Å²) in [6.07, 6.45) is 1.81. The molecular formula is C17H17N5O3. The molecule has 1 atom stereocenters. The summed E-state index contributed by atoms with van der Waals surface area (Å²) in [4.78, 5) is 28.9. The third-order valence-electron chi connectivity index (χ3n) is 4.03. The molecule has 0 aliphatic carbocycles. The fourth-order valence-corrected chi connectivity index (χ4v) is 2.58. The molecule has 1 aliphatic heterocycles. The second-order valence-electron chi connectivity index (χ2n) is 5.94. The van der Waals surface area contributed by atoms with Crippen LogP contribution in [0, 0.1) is 18.8 Å². The van der Waals surface area contributed by atoms with Crippen molar-refractivity contribution in [2.75, 3.05) is 13.6 Å². The third kappa shape index (κ3) is 3.09. The number of rotatable bonds is 2. The van der Waals surface area contributed by atoms with Crippen LogP contribution in [0.25, 0.3) is 5.82 Å². The molecule has 2 amide bonds. The Kier molecular flexibility index (Phi) is 4.02. The molecule has 128 valence electrons. The van der Waals surface area contributed by atoms with Gasteiger partial charge in [0, 0.05) is 37.5 Å². The number of amides is 2. The lowest BCUT2D eigenvalue weighted by Crippen LogP contribution is -2.37. The van der Waals surface area contributed by atoms with Gasteiger partial charge in [-0.2, -0.15) is 5.10 Å². The van der Waals surface area contributed by atoms with E-state index in [4.69, 9.17) is 5.73 Å². The number of aromatic nitrogens is 3. The van der Waals surface area contributed by atoms with Crippen molar-refractivity contribution >= 4 is 11.8 Å². The minimum absolute atomic E-state index is 0.143. The van der Waals surface area contributed by atoms with Gasteiger partial charge < -0.3 is 15.7 Å². The van der Waals surface area contributed by atoms with Gasteiger partial charge in [0.1, 0.15) is 0 Å². The predicted octanol–water partition coefficient (Wildman–Crippen LogP) is -0.381. The summed E-state index contributed by atoms with van der Waals surface area (Å²) in [5, 5.41) is 14.5. The van der Waals surface area contributed by atoms with E-state index in [1.54, 1.807) is 32.2 Å². The van der Waals surface area contributed by atoms with Crippen LogP contribution in [0.3, 0.4) is 0 Å². The summed E-state index contributed by atoms with van der Waals surface area (Å²) in [5.74, 6) is 4.91. The van der Waals surface area contributed by atoms with E-state index in [0.29, 0.717) is 23.6 Å². The van der Waals surface area contributed by atoms with Gasteiger partial charge in [0.2, 0.25) is 5.60 Å². The number of aliphatic hydroxyl groups is 1. The quantitative estimate of drug-likeness (QED) is 0.724. The number of nitrogens with zero attached hydrogens (tertiary/aromatic N) is 4. The maximum Gasteiger partial charge on any atom is 0.269 e. The zero-order valence-electron chi connectivity index (χ0n) is 13.9. The van der Waals surface area contributed by atoms with Gasteiger partial charge in [-0.05, 0) is 25.1 Å². The van der Waals surface area contributed by atoms with Gasteiger partial charge in [-0.25, -0.2) is 9.67 Å². The van der Waals surface area contributed by atoms with Crippen molar-refractivity contribution in [2.45, 2.75) is 18.9 Å². The van der Waals surface area contributed by atoms with Gasteiger partial charge in [0.05, 0.1) is 0 Å². The Bertz CT molecular complexity index is 924. The first-order valence-electron chi connectivity index (χ1n) is 7.64. The first kappa shape index (κ1) is 16.7. The number of primary amides is 1. The van der Waals surface area contributed by atoms with Gasteiger partial charge in [-0.1, -0.05) is 11.8 Å². The number of carbonyl (C=O) groups excluding carboxylic acids is 2. The molecule has 3 heterocycles. The molecule has 8 nitrogen and oxygen atoms in total. The van der Waals surface area contributed by atoms with Crippen LogP contribution >= 0.6 is 0 Å².